The minimum atomic E-state index is -0.707. The van der Waals surface area contributed by atoms with E-state index in [-0.39, 0.29) is 12.2 Å². The van der Waals surface area contributed by atoms with Crippen LogP contribution in [0.15, 0.2) is 11.6 Å². The van der Waals surface area contributed by atoms with Crippen LogP contribution in [0.25, 0.3) is 0 Å². The van der Waals surface area contributed by atoms with E-state index < -0.39 is 5.97 Å². The summed E-state index contributed by atoms with van der Waals surface area (Å²) < 4.78 is 0. The SMILES string of the molecule is CCCCCCCC/C=C(/CCCCCCCC(=O)O)C(C)=O. The number of Topliss-reactive ketones (excluding diaryl/α,β-unsaturated/α-hetero) is 1. The van der Waals surface area contributed by atoms with Crippen molar-refractivity contribution < 1.29 is 14.7 Å². The zero-order valence-electron chi connectivity index (χ0n) is 15.2. The maximum atomic E-state index is 11.7. The molecule has 1 N–H and O–H groups in total. The molecule has 0 aromatic carbocycles. The minimum Gasteiger partial charge on any atom is -0.481 e. The van der Waals surface area contributed by atoms with Crippen molar-refractivity contribution >= 4 is 11.8 Å². The molecule has 0 unspecified atom stereocenters. The van der Waals surface area contributed by atoms with Gasteiger partial charge in [-0.2, -0.15) is 0 Å². The van der Waals surface area contributed by atoms with Crippen LogP contribution in [0, 0.1) is 0 Å². The van der Waals surface area contributed by atoms with E-state index in [1.54, 1.807) is 6.92 Å². The summed E-state index contributed by atoms with van der Waals surface area (Å²) in [6.07, 6.45) is 17.0. The second-order valence-corrected chi connectivity index (χ2v) is 6.50. The van der Waals surface area contributed by atoms with Crippen LogP contribution < -0.4 is 0 Å². The highest BCUT2D eigenvalue weighted by Gasteiger charge is 2.03. The van der Waals surface area contributed by atoms with E-state index in [0.29, 0.717) is 0 Å². The Kier molecular flexibility index (Phi) is 15.0. The molecule has 0 rings (SSSR count). The summed E-state index contributed by atoms with van der Waals surface area (Å²) in [5.74, 6) is -0.497. The Morgan fingerprint density at radius 3 is 1.87 bits per heavy atom. The van der Waals surface area contributed by atoms with Gasteiger partial charge >= 0.3 is 5.97 Å². The van der Waals surface area contributed by atoms with Crippen molar-refractivity contribution in [3.8, 4) is 0 Å². The Bertz CT molecular complexity index is 345. The van der Waals surface area contributed by atoms with E-state index in [0.717, 1.165) is 50.5 Å². The molecule has 0 bridgehead atoms. The van der Waals surface area contributed by atoms with Gasteiger partial charge in [-0.05, 0) is 44.6 Å². The average molecular weight is 325 g/mol. The predicted octanol–water partition coefficient (Wildman–Crippen LogP) is 6.07. The average Bonchev–Trinajstić information content (AvgIpc) is 2.50. The molecular formula is C20H36O3. The molecule has 134 valence electrons. The van der Waals surface area contributed by atoms with Gasteiger partial charge in [-0.25, -0.2) is 0 Å². The fraction of sp³-hybridized carbons (Fsp3) is 0.800. The molecule has 0 heterocycles. The van der Waals surface area contributed by atoms with Gasteiger partial charge in [0.05, 0.1) is 0 Å². The molecule has 3 nitrogen and oxygen atoms in total. The summed E-state index contributed by atoms with van der Waals surface area (Å²) >= 11 is 0. The normalized spacial score (nSPS) is 11.7. The first-order valence-electron chi connectivity index (χ1n) is 9.49. The smallest absolute Gasteiger partial charge is 0.303 e. The summed E-state index contributed by atoms with van der Waals surface area (Å²) in [7, 11) is 0. The lowest BCUT2D eigenvalue weighted by atomic mass is 10.0. The lowest BCUT2D eigenvalue weighted by Gasteiger charge is -2.05. The van der Waals surface area contributed by atoms with Crippen molar-refractivity contribution in [2.24, 2.45) is 0 Å². The highest BCUT2D eigenvalue weighted by atomic mass is 16.4. The number of rotatable bonds is 16. The van der Waals surface area contributed by atoms with Gasteiger partial charge in [0.2, 0.25) is 0 Å². The van der Waals surface area contributed by atoms with Gasteiger partial charge < -0.3 is 5.11 Å². The van der Waals surface area contributed by atoms with Crippen LogP contribution in [0.1, 0.15) is 104 Å². The zero-order valence-corrected chi connectivity index (χ0v) is 15.2. The molecule has 0 saturated heterocycles. The number of aliphatic carboxylic acids is 1. The number of carboxylic acid groups (broad SMARTS) is 1. The van der Waals surface area contributed by atoms with Gasteiger partial charge in [0.1, 0.15) is 0 Å². The van der Waals surface area contributed by atoms with Crippen LogP contribution in [-0.4, -0.2) is 16.9 Å². The van der Waals surface area contributed by atoms with Crippen molar-refractivity contribution in [3.63, 3.8) is 0 Å². The molecule has 0 atom stereocenters. The van der Waals surface area contributed by atoms with Crippen LogP contribution in [-0.2, 0) is 9.59 Å². The van der Waals surface area contributed by atoms with E-state index in [1.165, 1.54) is 38.5 Å². The number of hydrogen-bond donors (Lipinski definition) is 1. The van der Waals surface area contributed by atoms with Crippen molar-refractivity contribution in [2.75, 3.05) is 0 Å². The van der Waals surface area contributed by atoms with Gasteiger partial charge in [0.15, 0.2) is 5.78 Å². The van der Waals surface area contributed by atoms with E-state index in [4.69, 9.17) is 5.11 Å². The molecular weight excluding hydrogens is 288 g/mol. The summed E-state index contributed by atoms with van der Waals surface area (Å²) in [6.45, 7) is 3.90. The number of carboxylic acids is 1. The first kappa shape index (κ1) is 21.9. The van der Waals surface area contributed by atoms with Crippen molar-refractivity contribution in [2.45, 2.75) is 104 Å². The third kappa shape index (κ3) is 15.5. The van der Waals surface area contributed by atoms with Crippen molar-refractivity contribution in [1.29, 1.82) is 0 Å². The zero-order chi connectivity index (χ0) is 17.3. The predicted molar refractivity (Wildman–Crippen MR) is 96.7 cm³/mol. The molecule has 0 aliphatic carbocycles. The Labute approximate surface area is 142 Å². The number of carbonyl (C=O) groups is 2. The Morgan fingerprint density at radius 2 is 1.30 bits per heavy atom. The van der Waals surface area contributed by atoms with Crippen LogP contribution in [0.2, 0.25) is 0 Å². The van der Waals surface area contributed by atoms with E-state index in [9.17, 15) is 9.59 Å². The van der Waals surface area contributed by atoms with E-state index in [1.807, 2.05) is 0 Å². The standard InChI is InChI=1S/C20H36O3/c1-3-4-5-6-7-9-12-15-19(18(2)21)16-13-10-8-11-14-17-20(22)23/h15H,3-14,16-17H2,1-2H3,(H,22,23)/b19-15-. The number of hydrogen-bond acceptors (Lipinski definition) is 2. The highest BCUT2D eigenvalue weighted by Crippen LogP contribution is 2.15. The van der Waals surface area contributed by atoms with Gasteiger partial charge in [-0.15, -0.1) is 0 Å². The van der Waals surface area contributed by atoms with Gasteiger partial charge in [0.25, 0.3) is 0 Å². The van der Waals surface area contributed by atoms with E-state index >= 15 is 0 Å². The van der Waals surface area contributed by atoms with Crippen LogP contribution in [0.4, 0.5) is 0 Å². The molecule has 0 radical (unpaired) electrons. The fourth-order valence-electron chi connectivity index (χ4n) is 2.74. The lowest BCUT2D eigenvalue weighted by molar-refractivity contribution is -0.137. The van der Waals surface area contributed by atoms with E-state index in [2.05, 4.69) is 13.0 Å². The molecule has 0 aliphatic rings. The maximum Gasteiger partial charge on any atom is 0.303 e. The number of carbonyl (C=O) groups excluding carboxylic acids is 1. The fourth-order valence-corrected chi connectivity index (χ4v) is 2.74. The first-order chi connectivity index (χ1) is 11.1. The molecule has 0 saturated carbocycles. The number of allylic oxidation sites excluding steroid dienone is 2. The van der Waals surface area contributed by atoms with Gasteiger partial charge in [-0.3, -0.25) is 9.59 Å². The number of ketones is 1. The summed E-state index contributed by atoms with van der Waals surface area (Å²) in [6, 6.07) is 0. The Hall–Kier alpha value is -1.12. The summed E-state index contributed by atoms with van der Waals surface area (Å²) in [5, 5.41) is 8.57. The quantitative estimate of drug-likeness (QED) is 0.277. The second-order valence-electron chi connectivity index (χ2n) is 6.50. The largest absolute Gasteiger partial charge is 0.481 e. The van der Waals surface area contributed by atoms with Crippen LogP contribution in [0.3, 0.4) is 0 Å². The Balaban J connectivity index is 3.70. The lowest BCUT2D eigenvalue weighted by Crippen LogP contribution is -1.97. The highest BCUT2D eigenvalue weighted by molar-refractivity contribution is 5.93. The minimum absolute atomic E-state index is 0.210. The third-order valence-electron chi connectivity index (χ3n) is 4.24. The molecule has 0 spiro atoms. The van der Waals surface area contributed by atoms with Gasteiger partial charge in [0, 0.05) is 6.42 Å². The molecule has 0 fully saturated rings. The summed E-state index contributed by atoms with van der Waals surface area (Å²) in [5.41, 5.74) is 0.990. The third-order valence-corrected chi connectivity index (χ3v) is 4.24. The van der Waals surface area contributed by atoms with Crippen molar-refractivity contribution in [1.82, 2.24) is 0 Å². The number of unbranched alkanes of at least 4 members (excludes halogenated alkanes) is 10. The van der Waals surface area contributed by atoms with Gasteiger partial charge in [-0.1, -0.05) is 64.4 Å². The van der Waals surface area contributed by atoms with Crippen LogP contribution in [0.5, 0.6) is 0 Å². The molecule has 0 aromatic rings. The Morgan fingerprint density at radius 1 is 0.783 bits per heavy atom. The topological polar surface area (TPSA) is 54.4 Å². The molecule has 0 aliphatic heterocycles. The summed E-state index contributed by atoms with van der Waals surface area (Å²) in [4.78, 5) is 22.1. The first-order valence-corrected chi connectivity index (χ1v) is 9.49. The molecule has 3 heteroatoms. The van der Waals surface area contributed by atoms with Crippen LogP contribution >= 0.6 is 0 Å². The second kappa shape index (κ2) is 15.8. The maximum absolute atomic E-state index is 11.7. The van der Waals surface area contributed by atoms with Crippen molar-refractivity contribution in [3.05, 3.63) is 11.6 Å². The molecule has 23 heavy (non-hydrogen) atoms. The monoisotopic (exact) mass is 324 g/mol. The molecule has 0 amide bonds. The molecule has 0 aromatic heterocycles.